The Hall–Kier alpha value is -0.490. The molecule has 0 saturated heterocycles. The number of rotatable bonds is 21. The molecule has 1 amide bonds. The molecule has 8 heteroatoms. The molecule has 0 rings (SSSR count). The molecule has 0 aliphatic carbocycles. The summed E-state index contributed by atoms with van der Waals surface area (Å²) in [6.45, 7) is 1.83. The average molecular weight is 529 g/mol. The Balaban J connectivity index is 3.77. The molecule has 194 valence electrons. The van der Waals surface area contributed by atoms with Crippen molar-refractivity contribution >= 4 is 46.7 Å². The fourth-order valence-electron chi connectivity index (χ4n) is 3.47. The molecule has 0 aromatic carbocycles. The summed E-state index contributed by atoms with van der Waals surface area (Å²) in [6.07, 6.45) is 17.6. The molecule has 0 saturated carbocycles. The largest absolute Gasteiger partial charge is 0.464 e. The SMILES string of the molecule is COC[C@H](COC(C)=O)N(C)C(=O)CC/C=C/CCCC[C@H](Cl)CCCCCCCC(Cl)Cl. The van der Waals surface area contributed by atoms with E-state index in [-0.39, 0.29) is 34.7 Å². The first-order valence-electron chi connectivity index (χ1n) is 12.2. The van der Waals surface area contributed by atoms with Gasteiger partial charge in [0.15, 0.2) is 0 Å². The lowest BCUT2D eigenvalue weighted by Gasteiger charge is -2.27. The van der Waals surface area contributed by atoms with Crippen molar-refractivity contribution in [3.05, 3.63) is 12.2 Å². The molecule has 0 aliphatic rings. The van der Waals surface area contributed by atoms with Gasteiger partial charge in [-0.1, -0.05) is 50.7 Å². The summed E-state index contributed by atoms with van der Waals surface area (Å²) in [5.41, 5.74) is 0. The second kappa shape index (κ2) is 22.0. The van der Waals surface area contributed by atoms with Crippen LogP contribution < -0.4 is 0 Å². The standard InChI is InChI=1S/C25H44Cl3NO4/c1-21(30)33-20-23(19-32-3)29(2)25(31)18-14-10-5-4-7-11-15-22(26)16-12-8-6-9-13-17-24(27)28/h5,10,22-24H,4,6-9,11-20H2,1-3H3/b10-5+/t22-,23+/m0/s1. The van der Waals surface area contributed by atoms with Gasteiger partial charge in [-0.05, 0) is 38.5 Å². The molecule has 0 N–H and O–H groups in total. The zero-order chi connectivity index (χ0) is 24.9. The van der Waals surface area contributed by atoms with E-state index in [9.17, 15) is 9.59 Å². The summed E-state index contributed by atoms with van der Waals surface area (Å²) in [4.78, 5) is 24.8. The molecule has 0 aromatic heterocycles. The van der Waals surface area contributed by atoms with Crippen molar-refractivity contribution in [3.8, 4) is 0 Å². The Morgan fingerprint density at radius 3 is 2.03 bits per heavy atom. The Morgan fingerprint density at radius 1 is 0.848 bits per heavy atom. The number of esters is 1. The second-order valence-corrected chi connectivity index (χ2v) is 10.4. The van der Waals surface area contributed by atoms with E-state index in [2.05, 4.69) is 12.2 Å². The number of allylic oxidation sites excluding steroid dienone is 2. The first kappa shape index (κ1) is 32.5. The molecular formula is C25H44Cl3NO4. The fourth-order valence-corrected chi connectivity index (χ4v) is 4.08. The highest BCUT2D eigenvalue weighted by molar-refractivity contribution is 6.44. The zero-order valence-electron chi connectivity index (χ0n) is 20.7. The monoisotopic (exact) mass is 527 g/mol. The van der Waals surface area contributed by atoms with Crippen LogP contribution in [0.4, 0.5) is 0 Å². The van der Waals surface area contributed by atoms with Crippen LogP contribution in [-0.2, 0) is 19.1 Å². The number of unbranched alkanes of at least 4 members (excludes halogenated alkanes) is 6. The van der Waals surface area contributed by atoms with Gasteiger partial charge in [-0.15, -0.1) is 34.8 Å². The van der Waals surface area contributed by atoms with E-state index in [0.717, 1.165) is 44.9 Å². The van der Waals surface area contributed by atoms with Gasteiger partial charge in [0.2, 0.25) is 5.91 Å². The summed E-state index contributed by atoms with van der Waals surface area (Å²) in [6, 6.07) is -0.270. The van der Waals surface area contributed by atoms with Crippen molar-refractivity contribution in [2.75, 3.05) is 27.4 Å². The predicted octanol–water partition coefficient (Wildman–Crippen LogP) is 7.06. The van der Waals surface area contributed by atoms with Crippen molar-refractivity contribution < 1.29 is 19.1 Å². The molecule has 5 nitrogen and oxygen atoms in total. The van der Waals surface area contributed by atoms with Crippen molar-refractivity contribution in [3.63, 3.8) is 0 Å². The Bertz CT molecular complexity index is 532. The van der Waals surface area contributed by atoms with Gasteiger partial charge in [0, 0.05) is 32.9 Å². The highest BCUT2D eigenvalue weighted by atomic mass is 35.5. The summed E-state index contributed by atoms with van der Waals surface area (Å²) in [7, 11) is 3.29. The van der Waals surface area contributed by atoms with Crippen LogP contribution in [0.1, 0.15) is 90.4 Å². The summed E-state index contributed by atoms with van der Waals surface area (Å²) >= 11 is 17.9. The topological polar surface area (TPSA) is 55.8 Å². The van der Waals surface area contributed by atoms with E-state index in [1.807, 2.05) is 0 Å². The third-order valence-corrected chi connectivity index (χ3v) is 6.42. The quantitative estimate of drug-likeness (QED) is 0.0692. The Labute approximate surface area is 216 Å². The highest BCUT2D eigenvalue weighted by Gasteiger charge is 2.20. The smallest absolute Gasteiger partial charge is 0.302 e. The number of halogens is 3. The maximum atomic E-state index is 12.4. The van der Waals surface area contributed by atoms with Gasteiger partial charge in [0.1, 0.15) is 11.4 Å². The van der Waals surface area contributed by atoms with Crippen molar-refractivity contribution in [2.24, 2.45) is 0 Å². The van der Waals surface area contributed by atoms with Crippen LogP contribution in [0.2, 0.25) is 0 Å². The minimum absolute atomic E-state index is 0.0149. The molecule has 0 heterocycles. The number of amides is 1. The third kappa shape index (κ3) is 20.6. The van der Waals surface area contributed by atoms with Crippen LogP contribution in [-0.4, -0.2) is 60.4 Å². The number of carbonyl (C=O) groups is 2. The number of nitrogens with zero attached hydrogens (tertiary/aromatic N) is 1. The van der Waals surface area contributed by atoms with E-state index < -0.39 is 0 Å². The molecule has 2 atom stereocenters. The van der Waals surface area contributed by atoms with Crippen LogP contribution in [0.3, 0.4) is 0 Å². The Kier molecular flexibility index (Phi) is 21.7. The number of hydrogen-bond acceptors (Lipinski definition) is 4. The van der Waals surface area contributed by atoms with Gasteiger partial charge < -0.3 is 14.4 Å². The van der Waals surface area contributed by atoms with Crippen molar-refractivity contribution in [1.82, 2.24) is 4.90 Å². The number of carbonyl (C=O) groups excluding carboxylic acids is 2. The predicted molar refractivity (Wildman–Crippen MR) is 139 cm³/mol. The Morgan fingerprint density at radius 2 is 1.42 bits per heavy atom. The normalized spacial score (nSPS) is 13.4. The minimum Gasteiger partial charge on any atom is -0.464 e. The fraction of sp³-hybridized carbons (Fsp3) is 0.840. The number of hydrogen-bond donors (Lipinski definition) is 0. The van der Waals surface area contributed by atoms with Crippen LogP contribution in [0.25, 0.3) is 0 Å². The van der Waals surface area contributed by atoms with Gasteiger partial charge in [-0.3, -0.25) is 9.59 Å². The lowest BCUT2D eigenvalue weighted by molar-refractivity contribution is -0.146. The molecular weight excluding hydrogens is 485 g/mol. The van der Waals surface area contributed by atoms with Crippen LogP contribution in [0, 0.1) is 0 Å². The van der Waals surface area contributed by atoms with Gasteiger partial charge in [-0.2, -0.15) is 0 Å². The number of ether oxygens (including phenoxy) is 2. The van der Waals surface area contributed by atoms with E-state index in [4.69, 9.17) is 44.3 Å². The molecule has 0 fully saturated rings. The molecule has 0 aromatic rings. The van der Waals surface area contributed by atoms with E-state index in [1.165, 1.54) is 32.6 Å². The molecule has 0 bridgehead atoms. The number of methoxy groups -OCH3 is 1. The van der Waals surface area contributed by atoms with Gasteiger partial charge >= 0.3 is 5.97 Å². The molecule has 0 aliphatic heterocycles. The van der Waals surface area contributed by atoms with Gasteiger partial charge in [0.05, 0.1) is 12.6 Å². The first-order chi connectivity index (χ1) is 15.8. The number of likely N-dealkylation sites (N-methyl/N-ethyl adjacent to an activating group) is 1. The third-order valence-electron chi connectivity index (χ3n) is 5.55. The molecule has 0 radical (unpaired) electrons. The zero-order valence-corrected chi connectivity index (χ0v) is 23.0. The summed E-state index contributed by atoms with van der Waals surface area (Å²) in [5, 5.41) is 0.268. The van der Waals surface area contributed by atoms with Gasteiger partial charge in [-0.25, -0.2) is 0 Å². The second-order valence-electron chi connectivity index (χ2n) is 8.54. The van der Waals surface area contributed by atoms with E-state index in [0.29, 0.717) is 19.4 Å². The maximum Gasteiger partial charge on any atom is 0.302 e. The lowest BCUT2D eigenvalue weighted by atomic mass is 10.0. The molecule has 0 spiro atoms. The van der Waals surface area contributed by atoms with E-state index in [1.54, 1.807) is 19.1 Å². The van der Waals surface area contributed by atoms with Gasteiger partial charge in [0.25, 0.3) is 0 Å². The first-order valence-corrected chi connectivity index (χ1v) is 13.5. The van der Waals surface area contributed by atoms with Crippen LogP contribution in [0.15, 0.2) is 12.2 Å². The average Bonchev–Trinajstić information content (AvgIpc) is 2.76. The minimum atomic E-state index is -0.361. The molecule has 33 heavy (non-hydrogen) atoms. The molecule has 0 unspecified atom stereocenters. The number of alkyl halides is 3. The summed E-state index contributed by atoms with van der Waals surface area (Å²) < 4.78 is 10.2. The van der Waals surface area contributed by atoms with Crippen LogP contribution in [0.5, 0.6) is 0 Å². The maximum absolute atomic E-state index is 12.4. The highest BCUT2D eigenvalue weighted by Crippen LogP contribution is 2.18. The lowest BCUT2D eigenvalue weighted by Crippen LogP contribution is -2.43. The van der Waals surface area contributed by atoms with Crippen molar-refractivity contribution in [2.45, 2.75) is 107 Å². The van der Waals surface area contributed by atoms with Crippen LogP contribution >= 0.6 is 34.8 Å². The van der Waals surface area contributed by atoms with Crippen molar-refractivity contribution in [1.29, 1.82) is 0 Å². The summed E-state index contributed by atoms with van der Waals surface area (Å²) in [5.74, 6) is -0.346. The van der Waals surface area contributed by atoms with E-state index >= 15 is 0 Å².